The molecule has 2 aromatic heterocycles. The van der Waals surface area contributed by atoms with Gasteiger partial charge in [0, 0.05) is 31.7 Å². The van der Waals surface area contributed by atoms with Gasteiger partial charge in [0.15, 0.2) is 0 Å². The molecule has 8 heteroatoms. The van der Waals surface area contributed by atoms with Gasteiger partial charge in [-0.05, 0) is 67.9 Å². The number of fused-ring (bicyclic) bond motifs is 3. The fourth-order valence-corrected chi connectivity index (χ4v) is 6.87. The second-order valence-electron chi connectivity index (χ2n) is 11.1. The first-order valence-electron chi connectivity index (χ1n) is 13.2. The number of aromatic nitrogens is 2. The number of pyridine rings is 1. The normalized spacial score (nSPS) is 27.1. The van der Waals surface area contributed by atoms with Crippen LogP contribution in [0.4, 0.5) is 0 Å². The Morgan fingerprint density at radius 1 is 1.17 bits per heavy atom. The molecule has 3 aliphatic rings. The summed E-state index contributed by atoms with van der Waals surface area (Å²) in [6.07, 6.45) is 11.6. The molecular formula is C27H37N5O3. The van der Waals surface area contributed by atoms with E-state index in [1.165, 1.54) is 44.9 Å². The number of hydrogen-bond acceptors (Lipinski definition) is 4. The average Bonchev–Trinajstić information content (AvgIpc) is 3.31. The lowest BCUT2D eigenvalue weighted by atomic mass is 9.58. The largest absolute Gasteiger partial charge is 0.369 e. The topological polar surface area (TPSA) is 110 Å². The molecule has 0 spiro atoms. The Kier molecular flexibility index (Phi) is 6.55. The van der Waals surface area contributed by atoms with Gasteiger partial charge >= 0.3 is 0 Å². The van der Waals surface area contributed by atoms with Crippen molar-refractivity contribution in [1.82, 2.24) is 19.6 Å². The highest BCUT2D eigenvalue weighted by Gasteiger charge is 2.42. The minimum atomic E-state index is -0.304. The standard InChI is InChI=1S/C27H37N5O3/c1-2-18-13-19-5-4-10-27(14-18,15-19)17-29-25(34)22-6-3-7-23-30-21(16-32(22)23)26(35)31-11-8-20(9-12-31)24(28)33/h3,6-7,16,18-20H,2,4-5,8-15,17H2,1H3,(H2,28,33)(H,29,34). The number of rotatable bonds is 6. The summed E-state index contributed by atoms with van der Waals surface area (Å²) in [4.78, 5) is 44.0. The third-order valence-electron chi connectivity index (χ3n) is 8.76. The van der Waals surface area contributed by atoms with E-state index in [2.05, 4.69) is 17.2 Å². The molecular weight excluding hydrogens is 442 g/mol. The van der Waals surface area contributed by atoms with Gasteiger partial charge in [0.2, 0.25) is 5.91 Å². The van der Waals surface area contributed by atoms with Crippen molar-refractivity contribution in [3.05, 3.63) is 35.8 Å². The first kappa shape index (κ1) is 23.8. The molecule has 1 aliphatic heterocycles. The molecule has 2 saturated carbocycles. The van der Waals surface area contributed by atoms with Crippen LogP contribution in [0.25, 0.3) is 5.65 Å². The number of nitrogens with one attached hydrogen (secondary N) is 1. The van der Waals surface area contributed by atoms with Crippen molar-refractivity contribution in [2.24, 2.45) is 28.9 Å². The highest BCUT2D eigenvalue weighted by Crippen LogP contribution is 2.51. The van der Waals surface area contributed by atoms with Crippen LogP contribution in [0.3, 0.4) is 0 Å². The zero-order valence-corrected chi connectivity index (χ0v) is 20.7. The summed E-state index contributed by atoms with van der Waals surface area (Å²) in [6.45, 7) is 3.96. The number of nitrogens with two attached hydrogens (primary N) is 1. The molecule has 2 bridgehead atoms. The molecule has 3 amide bonds. The number of carbonyl (C=O) groups is 3. The molecule has 2 aromatic rings. The molecule has 3 N–H and O–H groups in total. The van der Waals surface area contributed by atoms with Gasteiger partial charge in [-0.1, -0.05) is 32.3 Å². The molecule has 3 unspecified atom stereocenters. The lowest BCUT2D eigenvalue weighted by molar-refractivity contribution is -0.123. The Labute approximate surface area is 206 Å². The minimum Gasteiger partial charge on any atom is -0.369 e. The predicted octanol–water partition coefficient (Wildman–Crippen LogP) is 3.40. The molecule has 5 rings (SSSR count). The summed E-state index contributed by atoms with van der Waals surface area (Å²) in [7, 11) is 0. The zero-order valence-electron chi connectivity index (χ0n) is 20.7. The summed E-state index contributed by atoms with van der Waals surface area (Å²) in [5.41, 5.74) is 7.02. The Balaban J connectivity index is 1.29. The van der Waals surface area contributed by atoms with Gasteiger partial charge in [0.25, 0.3) is 11.8 Å². The van der Waals surface area contributed by atoms with Gasteiger partial charge in [-0.3, -0.25) is 18.8 Å². The third-order valence-corrected chi connectivity index (χ3v) is 8.76. The van der Waals surface area contributed by atoms with Crippen LogP contribution in [0.5, 0.6) is 0 Å². The van der Waals surface area contributed by atoms with Crippen LogP contribution < -0.4 is 11.1 Å². The highest BCUT2D eigenvalue weighted by molar-refractivity contribution is 5.95. The molecule has 1 saturated heterocycles. The number of imidazole rings is 1. The van der Waals surface area contributed by atoms with Gasteiger partial charge in [-0.15, -0.1) is 0 Å². The molecule has 3 atom stereocenters. The van der Waals surface area contributed by atoms with Crippen LogP contribution >= 0.6 is 0 Å². The molecule has 188 valence electrons. The van der Waals surface area contributed by atoms with Crippen molar-refractivity contribution in [2.45, 2.75) is 64.7 Å². The van der Waals surface area contributed by atoms with E-state index in [0.717, 1.165) is 11.8 Å². The molecule has 3 heterocycles. The van der Waals surface area contributed by atoms with Crippen LogP contribution in [-0.2, 0) is 4.79 Å². The number of piperidine rings is 1. The quantitative estimate of drug-likeness (QED) is 0.662. The Morgan fingerprint density at radius 2 is 1.97 bits per heavy atom. The summed E-state index contributed by atoms with van der Waals surface area (Å²) in [5.74, 6) is 0.795. The van der Waals surface area contributed by atoms with Crippen LogP contribution in [-0.4, -0.2) is 51.6 Å². The minimum absolute atomic E-state index is 0.121. The lowest BCUT2D eigenvalue weighted by Gasteiger charge is -2.48. The van der Waals surface area contributed by atoms with Gasteiger partial charge < -0.3 is 16.0 Å². The number of carbonyl (C=O) groups excluding carboxylic acids is 3. The van der Waals surface area contributed by atoms with Crippen LogP contribution in [0.1, 0.15) is 85.7 Å². The van der Waals surface area contributed by atoms with Crippen molar-refractivity contribution < 1.29 is 14.4 Å². The van der Waals surface area contributed by atoms with Gasteiger partial charge in [-0.2, -0.15) is 0 Å². The average molecular weight is 480 g/mol. The van der Waals surface area contributed by atoms with E-state index < -0.39 is 0 Å². The zero-order chi connectivity index (χ0) is 24.6. The summed E-state index contributed by atoms with van der Waals surface area (Å²) >= 11 is 0. The number of hydrogen-bond donors (Lipinski definition) is 2. The fourth-order valence-electron chi connectivity index (χ4n) is 6.87. The third kappa shape index (κ3) is 4.80. The Hall–Kier alpha value is -2.90. The number of nitrogens with zero attached hydrogens (tertiary/aromatic N) is 3. The van der Waals surface area contributed by atoms with Crippen LogP contribution in [0.2, 0.25) is 0 Å². The van der Waals surface area contributed by atoms with E-state index >= 15 is 0 Å². The first-order valence-corrected chi connectivity index (χ1v) is 13.2. The fraction of sp³-hybridized carbons (Fsp3) is 0.630. The van der Waals surface area contributed by atoms with Gasteiger partial charge in [0.05, 0.1) is 0 Å². The second-order valence-corrected chi connectivity index (χ2v) is 11.1. The number of primary amides is 1. The Bertz CT molecular complexity index is 1120. The van der Waals surface area contributed by atoms with Crippen LogP contribution in [0.15, 0.2) is 24.4 Å². The van der Waals surface area contributed by atoms with Crippen molar-refractivity contribution >= 4 is 23.4 Å². The summed E-state index contributed by atoms with van der Waals surface area (Å²) in [6, 6.07) is 5.41. The summed E-state index contributed by atoms with van der Waals surface area (Å²) in [5, 5.41) is 3.24. The van der Waals surface area contributed by atoms with Crippen molar-refractivity contribution in [1.29, 1.82) is 0 Å². The number of amides is 3. The number of likely N-dealkylation sites (tertiary alicyclic amines) is 1. The van der Waals surface area contributed by atoms with E-state index in [9.17, 15) is 14.4 Å². The summed E-state index contributed by atoms with van der Waals surface area (Å²) < 4.78 is 1.72. The maximum atomic E-state index is 13.3. The SMILES string of the molecule is CCC1CC2CCCC(CNC(=O)c3cccc4nc(C(=O)N5CCC(C(N)=O)CC5)cn34)(C1)C2. The van der Waals surface area contributed by atoms with E-state index in [1.54, 1.807) is 21.6 Å². The first-order chi connectivity index (χ1) is 16.9. The van der Waals surface area contributed by atoms with E-state index in [-0.39, 0.29) is 29.1 Å². The van der Waals surface area contributed by atoms with Gasteiger partial charge in [0.1, 0.15) is 17.0 Å². The second kappa shape index (κ2) is 9.63. The van der Waals surface area contributed by atoms with E-state index in [0.29, 0.717) is 49.5 Å². The molecule has 0 radical (unpaired) electrons. The van der Waals surface area contributed by atoms with Crippen molar-refractivity contribution in [3.63, 3.8) is 0 Å². The maximum absolute atomic E-state index is 13.3. The smallest absolute Gasteiger partial charge is 0.274 e. The molecule has 2 aliphatic carbocycles. The predicted molar refractivity (Wildman–Crippen MR) is 133 cm³/mol. The van der Waals surface area contributed by atoms with E-state index in [1.807, 2.05) is 12.1 Å². The van der Waals surface area contributed by atoms with Crippen molar-refractivity contribution in [3.8, 4) is 0 Å². The maximum Gasteiger partial charge on any atom is 0.274 e. The lowest BCUT2D eigenvalue weighted by Crippen LogP contribution is -2.45. The van der Waals surface area contributed by atoms with Crippen molar-refractivity contribution in [2.75, 3.05) is 19.6 Å². The van der Waals surface area contributed by atoms with Crippen LogP contribution in [0, 0.1) is 23.2 Å². The molecule has 0 aromatic carbocycles. The highest BCUT2D eigenvalue weighted by atomic mass is 16.2. The monoisotopic (exact) mass is 479 g/mol. The molecule has 8 nitrogen and oxygen atoms in total. The van der Waals surface area contributed by atoms with E-state index in [4.69, 9.17) is 5.73 Å². The molecule has 35 heavy (non-hydrogen) atoms. The molecule has 3 fully saturated rings. The Morgan fingerprint density at radius 3 is 2.71 bits per heavy atom. The van der Waals surface area contributed by atoms with Gasteiger partial charge in [-0.25, -0.2) is 4.98 Å².